The lowest BCUT2D eigenvalue weighted by Crippen LogP contribution is -2.32. The van der Waals surface area contributed by atoms with Gasteiger partial charge in [-0.3, -0.25) is 5.41 Å². The third-order valence-electron chi connectivity index (χ3n) is 2.33. The van der Waals surface area contributed by atoms with Gasteiger partial charge in [-0.25, -0.2) is 0 Å². The molecule has 0 saturated heterocycles. The van der Waals surface area contributed by atoms with Crippen molar-refractivity contribution in [2.75, 3.05) is 0 Å². The van der Waals surface area contributed by atoms with Gasteiger partial charge in [0.05, 0.1) is 0 Å². The van der Waals surface area contributed by atoms with E-state index in [0.717, 1.165) is 12.2 Å². The van der Waals surface area contributed by atoms with Gasteiger partial charge in [0, 0.05) is 0 Å². The second-order valence-corrected chi connectivity index (χ2v) is 3.47. The normalized spacial score (nSPS) is 12.1. The van der Waals surface area contributed by atoms with Crippen LogP contribution < -0.4 is 10.5 Å². The lowest BCUT2D eigenvalue weighted by molar-refractivity contribution is 0.260. The molecule has 0 fully saturated rings. The summed E-state index contributed by atoms with van der Waals surface area (Å²) in [5.74, 6) is 0.853. The van der Waals surface area contributed by atoms with Crippen LogP contribution in [0.4, 0.5) is 0 Å². The molecule has 0 aliphatic carbocycles. The molecule has 15 heavy (non-hydrogen) atoms. The summed E-state index contributed by atoms with van der Waals surface area (Å²) in [4.78, 5) is 0. The molecule has 0 heterocycles. The largest absolute Gasteiger partial charge is 0.483 e. The molecule has 3 heteroatoms. The van der Waals surface area contributed by atoms with Crippen molar-refractivity contribution in [3.63, 3.8) is 0 Å². The summed E-state index contributed by atoms with van der Waals surface area (Å²) in [7, 11) is 0. The lowest BCUT2D eigenvalue weighted by atomic mass is 10.2. The fourth-order valence-corrected chi connectivity index (χ4v) is 1.33. The third kappa shape index (κ3) is 3.27. The first kappa shape index (κ1) is 11.6. The number of rotatable bonds is 5. The molecular weight excluding hydrogens is 188 g/mol. The predicted molar refractivity (Wildman–Crippen MR) is 62.4 cm³/mol. The van der Waals surface area contributed by atoms with E-state index in [0.29, 0.717) is 6.42 Å². The highest BCUT2D eigenvalue weighted by Gasteiger charge is 2.10. The molecule has 82 valence electrons. The van der Waals surface area contributed by atoms with Crippen LogP contribution in [0.15, 0.2) is 24.3 Å². The Labute approximate surface area is 90.8 Å². The Balaban J connectivity index is 2.67. The van der Waals surface area contributed by atoms with E-state index in [4.69, 9.17) is 15.9 Å². The van der Waals surface area contributed by atoms with Crippen LogP contribution in [-0.4, -0.2) is 11.9 Å². The molecule has 0 bridgehead atoms. The van der Waals surface area contributed by atoms with E-state index in [2.05, 4.69) is 6.92 Å². The van der Waals surface area contributed by atoms with E-state index in [-0.39, 0.29) is 11.9 Å². The number of nitrogens with one attached hydrogen (secondary N) is 1. The number of ether oxygens (including phenoxy) is 1. The maximum absolute atomic E-state index is 7.33. The SMILES string of the molecule is CCc1ccc(OC(CC)C(=N)N)cc1. The van der Waals surface area contributed by atoms with E-state index in [1.165, 1.54) is 5.56 Å². The first-order valence-electron chi connectivity index (χ1n) is 5.26. The van der Waals surface area contributed by atoms with Crippen LogP contribution in [0.3, 0.4) is 0 Å². The van der Waals surface area contributed by atoms with Crippen LogP contribution in [0.2, 0.25) is 0 Å². The zero-order chi connectivity index (χ0) is 11.3. The Hall–Kier alpha value is -1.51. The van der Waals surface area contributed by atoms with Crippen LogP contribution in [0.1, 0.15) is 25.8 Å². The van der Waals surface area contributed by atoms with Crippen molar-refractivity contribution >= 4 is 5.84 Å². The summed E-state index contributed by atoms with van der Waals surface area (Å²) < 4.78 is 5.58. The average Bonchev–Trinajstić information content (AvgIpc) is 2.26. The second-order valence-electron chi connectivity index (χ2n) is 3.47. The minimum Gasteiger partial charge on any atom is -0.483 e. The molecule has 3 N–H and O–H groups in total. The predicted octanol–water partition coefficient (Wildman–Crippen LogP) is 2.34. The van der Waals surface area contributed by atoms with Crippen molar-refractivity contribution in [2.45, 2.75) is 32.8 Å². The monoisotopic (exact) mass is 206 g/mol. The summed E-state index contributed by atoms with van der Waals surface area (Å²) in [6.45, 7) is 4.06. The third-order valence-corrected chi connectivity index (χ3v) is 2.33. The first-order chi connectivity index (χ1) is 7.17. The van der Waals surface area contributed by atoms with E-state index < -0.39 is 0 Å². The highest BCUT2D eigenvalue weighted by Crippen LogP contribution is 2.15. The van der Waals surface area contributed by atoms with Crippen molar-refractivity contribution in [3.8, 4) is 5.75 Å². The minimum absolute atomic E-state index is 0.0806. The summed E-state index contributed by atoms with van der Waals surface area (Å²) >= 11 is 0. The Kier molecular flexibility index (Phi) is 4.16. The highest BCUT2D eigenvalue weighted by molar-refractivity contribution is 5.81. The van der Waals surface area contributed by atoms with E-state index in [9.17, 15) is 0 Å². The fourth-order valence-electron chi connectivity index (χ4n) is 1.33. The molecule has 0 aromatic heterocycles. The van der Waals surface area contributed by atoms with Gasteiger partial charge in [0.1, 0.15) is 11.6 Å². The van der Waals surface area contributed by atoms with Gasteiger partial charge in [-0.1, -0.05) is 26.0 Å². The van der Waals surface area contributed by atoms with Gasteiger partial charge >= 0.3 is 0 Å². The van der Waals surface area contributed by atoms with E-state index >= 15 is 0 Å². The molecule has 1 unspecified atom stereocenters. The summed E-state index contributed by atoms with van der Waals surface area (Å²) in [6, 6.07) is 7.90. The second kappa shape index (κ2) is 5.39. The van der Waals surface area contributed by atoms with Crippen LogP contribution in [-0.2, 0) is 6.42 Å². The Morgan fingerprint density at radius 2 is 1.93 bits per heavy atom. The van der Waals surface area contributed by atoms with Crippen molar-refractivity contribution in [1.29, 1.82) is 5.41 Å². The maximum Gasteiger partial charge on any atom is 0.155 e. The summed E-state index contributed by atoms with van der Waals surface area (Å²) in [5.41, 5.74) is 6.69. The first-order valence-corrected chi connectivity index (χ1v) is 5.26. The number of benzene rings is 1. The average molecular weight is 206 g/mol. The van der Waals surface area contributed by atoms with E-state index in [1.54, 1.807) is 0 Å². The van der Waals surface area contributed by atoms with Crippen molar-refractivity contribution in [1.82, 2.24) is 0 Å². The zero-order valence-corrected chi connectivity index (χ0v) is 9.29. The van der Waals surface area contributed by atoms with Crippen LogP contribution in [0.5, 0.6) is 5.75 Å². The molecular formula is C12H18N2O. The minimum atomic E-state index is -0.308. The van der Waals surface area contributed by atoms with Gasteiger partial charge in [-0.05, 0) is 30.5 Å². The van der Waals surface area contributed by atoms with Gasteiger partial charge < -0.3 is 10.5 Å². The topological polar surface area (TPSA) is 59.1 Å². The van der Waals surface area contributed by atoms with Gasteiger partial charge in [0.2, 0.25) is 0 Å². The molecule has 1 aromatic carbocycles. The lowest BCUT2D eigenvalue weighted by Gasteiger charge is -2.15. The van der Waals surface area contributed by atoms with Crippen LogP contribution in [0.25, 0.3) is 0 Å². The number of aryl methyl sites for hydroxylation is 1. The number of amidine groups is 1. The molecule has 0 spiro atoms. The molecule has 1 aromatic rings. The van der Waals surface area contributed by atoms with Crippen molar-refractivity contribution in [3.05, 3.63) is 29.8 Å². The quantitative estimate of drug-likeness (QED) is 0.574. The molecule has 0 radical (unpaired) electrons. The molecule has 0 saturated carbocycles. The standard InChI is InChI=1S/C12H18N2O/c1-3-9-5-7-10(8-6-9)15-11(4-2)12(13)14/h5-8,11H,3-4H2,1-2H3,(H3,13,14). The maximum atomic E-state index is 7.33. The summed E-state index contributed by atoms with van der Waals surface area (Å²) in [5, 5.41) is 7.33. The van der Waals surface area contributed by atoms with Crippen molar-refractivity contribution in [2.24, 2.45) is 5.73 Å². The van der Waals surface area contributed by atoms with E-state index in [1.807, 2.05) is 31.2 Å². The Bertz CT molecular complexity index is 319. The molecule has 1 atom stereocenters. The summed E-state index contributed by atoms with van der Waals surface area (Å²) in [6.07, 6.45) is 1.42. The van der Waals surface area contributed by atoms with Gasteiger partial charge in [0.25, 0.3) is 0 Å². The fraction of sp³-hybridized carbons (Fsp3) is 0.417. The Morgan fingerprint density at radius 1 is 1.33 bits per heavy atom. The molecule has 1 rings (SSSR count). The molecule has 0 amide bonds. The Morgan fingerprint density at radius 3 is 2.33 bits per heavy atom. The molecule has 0 aliphatic rings. The zero-order valence-electron chi connectivity index (χ0n) is 9.29. The molecule has 3 nitrogen and oxygen atoms in total. The number of nitrogens with two attached hydrogens (primary N) is 1. The number of hydrogen-bond donors (Lipinski definition) is 2. The smallest absolute Gasteiger partial charge is 0.155 e. The highest BCUT2D eigenvalue weighted by atomic mass is 16.5. The molecule has 0 aliphatic heterocycles. The van der Waals surface area contributed by atoms with Crippen LogP contribution >= 0.6 is 0 Å². The van der Waals surface area contributed by atoms with Gasteiger partial charge in [0.15, 0.2) is 6.10 Å². The number of hydrogen-bond acceptors (Lipinski definition) is 2. The van der Waals surface area contributed by atoms with Gasteiger partial charge in [-0.2, -0.15) is 0 Å². The van der Waals surface area contributed by atoms with Crippen LogP contribution in [0, 0.1) is 5.41 Å². The van der Waals surface area contributed by atoms with Crippen molar-refractivity contribution < 1.29 is 4.74 Å². The van der Waals surface area contributed by atoms with Gasteiger partial charge in [-0.15, -0.1) is 0 Å².